The Labute approximate surface area is 126 Å². The van der Waals surface area contributed by atoms with Crippen LogP contribution in [0.4, 0.5) is 5.82 Å². The number of methoxy groups -OCH3 is 1. The number of hydrazone groups is 1. The number of aromatic hydroxyl groups is 1. The maximum absolute atomic E-state index is 11.6. The predicted octanol–water partition coefficient (Wildman–Crippen LogP) is 0.892. The summed E-state index contributed by atoms with van der Waals surface area (Å²) in [5, 5.41) is 20.0. The molecule has 0 fully saturated rings. The number of aromatic nitrogens is 2. The highest BCUT2D eigenvalue weighted by Gasteiger charge is 2.15. The van der Waals surface area contributed by atoms with Gasteiger partial charge in [0.15, 0.2) is 11.5 Å². The van der Waals surface area contributed by atoms with Crippen LogP contribution in [0.15, 0.2) is 26.3 Å². The molecule has 0 aliphatic carbocycles. The SMILES string of the molecule is COc1cc(/C=N\NC(=O)c2nonc2N)cc(Br)c1O. The first-order valence-corrected chi connectivity index (χ1v) is 6.30. The molecule has 0 saturated carbocycles. The van der Waals surface area contributed by atoms with Crippen molar-refractivity contribution in [3.05, 3.63) is 27.9 Å². The van der Waals surface area contributed by atoms with E-state index in [4.69, 9.17) is 10.5 Å². The van der Waals surface area contributed by atoms with Crippen molar-refractivity contribution in [2.45, 2.75) is 0 Å². The highest BCUT2D eigenvalue weighted by molar-refractivity contribution is 9.10. The Bertz CT molecular complexity index is 700. The number of benzene rings is 1. The molecule has 0 aliphatic rings. The number of carbonyl (C=O) groups excluding carboxylic acids is 1. The zero-order valence-electron chi connectivity index (χ0n) is 10.7. The van der Waals surface area contributed by atoms with Crippen LogP contribution < -0.4 is 15.9 Å². The van der Waals surface area contributed by atoms with E-state index in [-0.39, 0.29) is 23.0 Å². The maximum atomic E-state index is 11.6. The molecule has 2 rings (SSSR count). The van der Waals surface area contributed by atoms with E-state index in [1.54, 1.807) is 12.1 Å². The van der Waals surface area contributed by atoms with Gasteiger partial charge in [0, 0.05) is 0 Å². The molecule has 110 valence electrons. The van der Waals surface area contributed by atoms with Gasteiger partial charge in [-0.1, -0.05) is 0 Å². The van der Waals surface area contributed by atoms with Crippen LogP contribution in [-0.2, 0) is 0 Å². The summed E-state index contributed by atoms with van der Waals surface area (Å²) in [5.74, 6) is -0.547. The summed E-state index contributed by atoms with van der Waals surface area (Å²) in [6.45, 7) is 0. The largest absolute Gasteiger partial charge is 0.503 e. The van der Waals surface area contributed by atoms with Crippen molar-refractivity contribution in [2.75, 3.05) is 12.8 Å². The highest BCUT2D eigenvalue weighted by atomic mass is 79.9. The van der Waals surface area contributed by atoms with Crippen molar-refractivity contribution in [1.29, 1.82) is 0 Å². The van der Waals surface area contributed by atoms with Gasteiger partial charge in [0.1, 0.15) is 0 Å². The fourth-order valence-corrected chi connectivity index (χ4v) is 1.86. The number of hydrogen-bond donors (Lipinski definition) is 3. The molecule has 1 amide bonds. The number of phenols is 1. The first kappa shape index (κ1) is 14.8. The van der Waals surface area contributed by atoms with E-state index in [1.165, 1.54) is 13.3 Å². The second-order valence-electron chi connectivity index (χ2n) is 3.75. The van der Waals surface area contributed by atoms with E-state index in [0.717, 1.165) is 0 Å². The number of nitrogens with one attached hydrogen (secondary N) is 1. The molecule has 0 spiro atoms. The van der Waals surface area contributed by atoms with Crippen LogP contribution in [0.3, 0.4) is 0 Å². The summed E-state index contributed by atoms with van der Waals surface area (Å²) < 4.78 is 9.72. The monoisotopic (exact) mass is 355 g/mol. The predicted molar refractivity (Wildman–Crippen MR) is 76.1 cm³/mol. The highest BCUT2D eigenvalue weighted by Crippen LogP contribution is 2.34. The standard InChI is InChI=1S/C11H10BrN5O4/c1-20-7-3-5(2-6(12)9(7)18)4-14-15-11(19)8-10(13)17-21-16-8/h2-4,18H,1H3,(H2,13,17)(H,15,19)/b14-4-. The van der Waals surface area contributed by atoms with E-state index < -0.39 is 5.91 Å². The van der Waals surface area contributed by atoms with E-state index in [9.17, 15) is 9.90 Å². The molecular formula is C11H10BrN5O4. The number of nitrogen functional groups attached to an aromatic ring is 1. The molecule has 1 aromatic carbocycles. The third-order valence-electron chi connectivity index (χ3n) is 2.38. The minimum absolute atomic E-state index is 0.0277. The summed E-state index contributed by atoms with van der Waals surface area (Å²) >= 11 is 3.17. The Hall–Kier alpha value is -2.62. The molecule has 1 heterocycles. The van der Waals surface area contributed by atoms with Crippen molar-refractivity contribution in [3.8, 4) is 11.5 Å². The Kier molecular flexibility index (Phi) is 4.38. The maximum Gasteiger partial charge on any atom is 0.297 e. The van der Waals surface area contributed by atoms with Crippen LogP contribution in [0.25, 0.3) is 0 Å². The van der Waals surface area contributed by atoms with Crippen LogP contribution in [0, 0.1) is 0 Å². The summed E-state index contributed by atoms with van der Waals surface area (Å²) in [6, 6.07) is 3.14. The number of hydrogen-bond acceptors (Lipinski definition) is 8. The number of carbonyl (C=O) groups is 1. The van der Waals surface area contributed by atoms with Crippen molar-refractivity contribution < 1.29 is 19.3 Å². The van der Waals surface area contributed by atoms with Crippen molar-refractivity contribution >= 4 is 33.9 Å². The summed E-state index contributed by atoms with van der Waals surface area (Å²) in [5.41, 5.74) is 8.01. The van der Waals surface area contributed by atoms with E-state index in [2.05, 4.69) is 41.4 Å². The minimum Gasteiger partial charge on any atom is -0.503 e. The topological polar surface area (TPSA) is 136 Å². The first-order chi connectivity index (χ1) is 10.0. The number of ether oxygens (including phenoxy) is 1. The van der Waals surface area contributed by atoms with Crippen LogP contribution in [0.5, 0.6) is 11.5 Å². The Balaban J connectivity index is 2.10. The van der Waals surface area contributed by atoms with Crippen molar-refractivity contribution in [1.82, 2.24) is 15.7 Å². The lowest BCUT2D eigenvalue weighted by atomic mass is 10.2. The number of anilines is 1. The van der Waals surface area contributed by atoms with Gasteiger partial charge in [-0.3, -0.25) is 4.79 Å². The molecule has 1 aromatic heterocycles. The third kappa shape index (κ3) is 3.28. The van der Waals surface area contributed by atoms with Crippen LogP contribution in [0.2, 0.25) is 0 Å². The zero-order valence-corrected chi connectivity index (χ0v) is 12.3. The molecule has 0 aliphatic heterocycles. The van der Waals surface area contributed by atoms with Gasteiger partial charge in [0.25, 0.3) is 5.91 Å². The number of amides is 1. The quantitative estimate of drug-likeness (QED) is 0.547. The van der Waals surface area contributed by atoms with Gasteiger partial charge in [0.2, 0.25) is 11.5 Å². The first-order valence-electron chi connectivity index (χ1n) is 5.51. The summed E-state index contributed by atoms with van der Waals surface area (Å²) in [6.07, 6.45) is 1.36. The van der Waals surface area contributed by atoms with Gasteiger partial charge in [-0.05, 0) is 43.9 Å². The number of phenolic OH excluding ortho intramolecular Hbond substituents is 1. The molecule has 0 unspecified atom stereocenters. The van der Waals surface area contributed by atoms with Gasteiger partial charge in [0.05, 0.1) is 17.8 Å². The minimum atomic E-state index is -0.658. The lowest BCUT2D eigenvalue weighted by Crippen LogP contribution is -2.19. The average molecular weight is 356 g/mol. The molecule has 0 radical (unpaired) electrons. The second kappa shape index (κ2) is 6.22. The Morgan fingerprint density at radius 2 is 2.33 bits per heavy atom. The fraction of sp³-hybridized carbons (Fsp3) is 0.0909. The Morgan fingerprint density at radius 3 is 2.95 bits per heavy atom. The van der Waals surface area contributed by atoms with Gasteiger partial charge < -0.3 is 15.6 Å². The van der Waals surface area contributed by atoms with Crippen molar-refractivity contribution in [2.24, 2.45) is 5.10 Å². The molecule has 0 bridgehead atoms. The molecule has 10 heteroatoms. The molecule has 0 saturated heterocycles. The van der Waals surface area contributed by atoms with Crippen LogP contribution >= 0.6 is 15.9 Å². The van der Waals surface area contributed by atoms with Gasteiger partial charge in [-0.15, -0.1) is 0 Å². The van der Waals surface area contributed by atoms with E-state index in [0.29, 0.717) is 10.0 Å². The number of rotatable bonds is 4. The number of halogens is 1. The lowest BCUT2D eigenvalue weighted by Gasteiger charge is -2.06. The average Bonchev–Trinajstić information content (AvgIpc) is 2.88. The molecule has 21 heavy (non-hydrogen) atoms. The zero-order chi connectivity index (χ0) is 15.4. The van der Waals surface area contributed by atoms with Gasteiger partial charge in [-0.2, -0.15) is 5.10 Å². The fourth-order valence-electron chi connectivity index (χ4n) is 1.40. The smallest absolute Gasteiger partial charge is 0.297 e. The summed E-state index contributed by atoms with van der Waals surface area (Å²) in [7, 11) is 1.42. The number of nitrogens with zero attached hydrogens (tertiary/aromatic N) is 3. The number of nitrogens with two attached hydrogens (primary N) is 1. The van der Waals surface area contributed by atoms with E-state index in [1.807, 2.05) is 0 Å². The van der Waals surface area contributed by atoms with Crippen molar-refractivity contribution in [3.63, 3.8) is 0 Å². The van der Waals surface area contributed by atoms with E-state index >= 15 is 0 Å². The van der Waals surface area contributed by atoms with Crippen LogP contribution in [-0.4, -0.2) is 34.7 Å². The van der Waals surface area contributed by atoms with Gasteiger partial charge >= 0.3 is 0 Å². The lowest BCUT2D eigenvalue weighted by molar-refractivity contribution is 0.0946. The Morgan fingerprint density at radius 1 is 1.57 bits per heavy atom. The molecule has 2 aromatic rings. The van der Waals surface area contributed by atoms with Crippen LogP contribution in [0.1, 0.15) is 16.1 Å². The summed E-state index contributed by atoms with van der Waals surface area (Å²) in [4.78, 5) is 11.6. The molecule has 9 nitrogen and oxygen atoms in total. The second-order valence-corrected chi connectivity index (χ2v) is 4.61. The molecule has 0 atom stereocenters. The van der Waals surface area contributed by atoms with Gasteiger partial charge in [-0.25, -0.2) is 10.1 Å². The molecule has 4 N–H and O–H groups in total. The third-order valence-corrected chi connectivity index (χ3v) is 2.98. The normalized spacial score (nSPS) is 10.8. The molecular weight excluding hydrogens is 346 g/mol.